The molecule has 1 unspecified atom stereocenters. The average molecular weight is 208 g/mol. The summed E-state index contributed by atoms with van der Waals surface area (Å²) in [6, 6.07) is 0.139. The standard InChI is InChI=1S/C12H20N2O/c15-11(10-3-1-7-13-10)14-8-6-12(9-14)4-2-5-12/h10,13H,1-9H2. The van der Waals surface area contributed by atoms with Gasteiger partial charge < -0.3 is 10.2 Å². The largest absolute Gasteiger partial charge is 0.341 e. The fraction of sp³-hybridized carbons (Fsp3) is 0.917. The highest BCUT2D eigenvalue weighted by Gasteiger charge is 2.45. The molecule has 0 aromatic heterocycles. The summed E-state index contributed by atoms with van der Waals surface area (Å²) in [4.78, 5) is 14.3. The number of hydrogen-bond donors (Lipinski definition) is 1. The summed E-state index contributed by atoms with van der Waals surface area (Å²) in [5, 5.41) is 3.31. The van der Waals surface area contributed by atoms with Gasteiger partial charge in [-0.05, 0) is 44.1 Å². The van der Waals surface area contributed by atoms with Crippen molar-refractivity contribution in [1.29, 1.82) is 0 Å². The molecule has 1 N–H and O–H groups in total. The van der Waals surface area contributed by atoms with Crippen LogP contribution < -0.4 is 5.32 Å². The Balaban J connectivity index is 1.61. The Hall–Kier alpha value is -0.570. The van der Waals surface area contributed by atoms with Crippen LogP contribution in [0.3, 0.4) is 0 Å². The topological polar surface area (TPSA) is 32.3 Å². The summed E-state index contributed by atoms with van der Waals surface area (Å²) in [5.41, 5.74) is 0.550. The van der Waals surface area contributed by atoms with Crippen molar-refractivity contribution in [2.75, 3.05) is 19.6 Å². The van der Waals surface area contributed by atoms with Crippen LogP contribution in [0.15, 0.2) is 0 Å². The zero-order chi connectivity index (χ0) is 10.3. The molecular formula is C12H20N2O. The van der Waals surface area contributed by atoms with Crippen LogP contribution in [-0.2, 0) is 4.79 Å². The Morgan fingerprint density at radius 3 is 2.67 bits per heavy atom. The molecule has 15 heavy (non-hydrogen) atoms. The van der Waals surface area contributed by atoms with Crippen LogP contribution in [0.1, 0.15) is 38.5 Å². The Morgan fingerprint density at radius 1 is 1.27 bits per heavy atom. The minimum atomic E-state index is 0.139. The molecule has 3 fully saturated rings. The molecule has 0 aromatic rings. The molecule has 0 radical (unpaired) electrons. The highest BCUT2D eigenvalue weighted by molar-refractivity contribution is 5.82. The molecular weight excluding hydrogens is 188 g/mol. The summed E-state index contributed by atoms with van der Waals surface area (Å²) < 4.78 is 0. The van der Waals surface area contributed by atoms with E-state index in [1.807, 2.05) is 0 Å². The van der Waals surface area contributed by atoms with E-state index in [0.717, 1.165) is 32.5 Å². The van der Waals surface area contributed by atoms with E-state index in [0.29, 0.717) is 11.3 Å². The first kappa shape index (κ1) is 9.64. The molecule has 3 rings (SSSR count). The fourth-order valence-electron chi connectivity index (χ4n) is 3.32. The molecule has 3 heteroatoms. The lowest BCUT2D eigenvalue weighted by Crippen LogP contribution is -2.44. The van der Waals surface area contributed by atoms with Crippen LogP contribution in [0.4, 0.5) is 0 Å². The first-order valence-electron chi connectivity index (χ1n) is 6.31. The van der Waals surface area contributed by atoms with Crippen molar-refractivity contribution in [1.82, 2.24) is 10.2 Å². The van der Waals surface area contributed by atoms with Gasteiger partial charge in [-0.3, -0.25) is 4.79 Å². The Morgan fingerprint density at radius 2 is 2.13 bits per heavy atom. The normalized spacial score (nSPS) is 33.3. The van der Waals surface area contributed by atoms with Gasteiger partial charge in [0, 0.05) is 13.1 Å². The third kappa shape index (κ3) is 1.57. The Labute approximate surface area is 91.2 Å². The summed E-state index contributed by atoms with van der Waals surface area (Å²) >= 11 is 0. The molecule has 2 aliphatic heterocycles. The molecule has 2 saturated heterocycles. The summed E-state index contributed by atoms with van der Waals surface area (Å²) in [6.45, 7) is 3.08. The summed E-state index contributed by atoms with van der Waals surface area (Å²) in [6.07, 6.45) is 7.55. The third-order valence-corrected chi connectivity index (χ3v) is 4.52. The van der Waals surface area contributed by atoms with Crippen molar-refractivity contribution in [3.8, 4) is 0 Å². The SMILES string of the molecule is O=C(C1CCCN1)N1CCC2(CCC2)C1. The third-order valence-electron chi connectivity index (χ3n) is 4.52. The maximum atomic E-state index is 12.1. The van der Waals surface area contributed by atoms with Crippen molar-refractivity contribution in [2.45, 2.75) is 44.6 Å². The minimum absolute atomic E-state index is 0.139. The van der Waals surface area contributed by atoms with Crippen molar-refractivity contribution in [3.05, 3.63) is 0 Å². The molecule has 1 aliphatic carbocycles. The maximum absolute atomic E-state index is 12.1. The van der Waals surface area contributed by atoms with E-state index in [9.17, 15) is 4.79 Å². The van der Waals surface area contributed by atoms with Gasteiger partial charge in [0.05, 0.1) is 6.04 Å². The van der Waals surface area contributed by atoms with Gasteiger partial charge >= 0.3 is 0 Å². The average Bonchev–Trinajstić information content (AvgIpc) is 2.85. The van der Waals surface area contributed by atoms with E-state index < -0.39 is 0 Å². The summed E-state index contributed by atoms with van der Waals surface area (Å²) in [5.74, 6) is 0.372. The second kappa shape index (κ2) is 3.48. The zero-order valence-electron chi connectivity index (χ0n) is 9.30. The van der Waals surface area contributed by atoms with Gasteiger partial charge in [-0.15, -0.1) is 0 Å². The molecule has 1 saturated carbocycles. The molecule has 1 spiro atoms. The van der Waals surface area contributed by atoms with Crippen LogP contribution in [-0.4, -0.2) is 36.5 Å². The van der Waals surface area contributed by atoms with Gasteiger partial charge in [0.2, 0.25) is 5.91 Å². The van der Waals surface area contributed by atoms with E-state index in [-0.39, 0.29) is 6.04 Å². The number of nitrogens with one attached hydrogen (secondary N) is 1. The number of carbonyl (C=O) groups is 1. The highest BCUT2D eigenvalue weighted by Crippen LogP contribution is 2.48. The van der Waals surface area contributed by atoms with Crippen molar-refractivity contribution in [3.63, 3.8) is 0 Å². The van der Waals surface area contributed by atoms with E-state index in [1.165, 1.54) is 25.7 Å². The molecule has 3 aliphatic rings. The molecule has 0 aromatic carbocycles. The summed E-state index contributed by atoms with van der Waals surface area (Å²) in [7, 11) is 0. The van der Waals surface area contributed by atoms with E-state index >= 15 is 0 Å². The number of likely N-dealkylation sites (tertiary alicyclic amines) is 1. The monoisotopic (exact) mass is 208 g/mol. The van der Waals surface area contributed by atoms with Crippen LogP contribution in [0.5, 0.6) is 0 Å². The smallest absolute Gasteiger partial charge is 0.239 e. The quantitative estimate of drug-likeness (QED) is 0.701. The molecule has 2 heterocycles. The van der Waals surface area contributed by atoms with Crippen LogP contribution in [0.25, 0.3) is 0 Å². The van der Waals surface area contributed by atoms with Crippen molar-refractivity contribution in [2.24, 2.45) is 5.41 Å². The predicted molar refractivity (Wildman–Crippen MR) is 58.5 cm³/mol. The van der Waals surface area contributed by atoms with Crippen molar-refractivity contribution < 1.29 is 4.79 Å². The molecule has 1 atom stereocenters. The lowest BCUT2D eigenvalue weighted by atomic mass is 9.68. The number of rotatable bonds is 1. The lowest BCUT2D eigenvalue weighted by molar-refractivity contribution is -0.132. The van der Waals surface area contributed by atoms with Crippen LogP contribution in [0, 0.1) is 5.41 Å². The van der Waals surface area contributed by atoms with Gasteiger partial charge in [-0.1, -0.05) is 6.42 Å². The number of amides is 1. The first-order chi connectivity index (χ1) is 7.29. The van der Waals surface area contributed by atoms with Crippen molar-refractivity contribution >= 4 is 5.91 Å². The lowest BCUT2D eigenvalue weighted by Gasteiger charge is -2.38. The molecule has 84 valence electrons. The number of carbonyl (C=O) groups excluding carboxylic acids is 1. The molecule has 1 amide bonds. The fourth-order valence-corrected chi connectivity index (χ4v) is 3.32. The van der Waals surface area contributed by atoms with E-state index in [2.05, 4.69) is 10.2 Å². The van der Waals surface area contributed by atoms with Crippen LogP contribution >= 0.6 is 0 Å². The molecule has 0 bridgehead atoms. The predicted octanol–water partition coefficient (Wildman–Crippen LogP) is 1.14. The van der Waals surface area contributed by atoms with Gasteiger partial charge in [-0.25, -0.2) is 0 Å². The van der Waals surface area contributed by atoms with Crippen LogP contribution in [0.2, 0.25) is 0 Å². The van der Waals surface area contributed by atoms with E-state index in [4.69, 9.17) is 0 Å². The zero-order valence-corrected chi connectivity index (χ0v) is 9.30. The molecule has 3 nitrogen and oxygen atoms in total. The minimum Gasteiger partial charge on any atom is -0.341 e. The van der Waals surface area contributed by atoms with E-state index in [1.54, 1.807) is 0 Å². The number of hydrogen-bond acceptors (Lipinski definition) is 2. The maximum Gasteiger partial charge on any atom is 0.239 e. The van der Waals surface area contributed by atoms with Gasteiger partial charge in [0.15, 0.2) is 0 Å². The van der Waals surface area contributed by atoms with Gasteiger partial charge in [0.1, 0.15) is 0 Å². The highest BCUT2D eigenvalue weighted by atomic mass is 16.2. The first-order valence-corrected chi connectivity index (χ1v) is 6.31. The Kier molecular flexibility index (Phi) is 2.23. The second-order valence-corrected chi connectivity index (χ2v) is 5.51. The second-order valence-electron chi connectivity index (χ2n) is 5.51. The van der Waals surface area contributed by atoms with Gasteiger partial charge in [-0.2, -0.15) is 0 Å². The Bertz CT molecular complexity index is 267. The van der Waals surface area contributed by atoms with Gasteiger partial charge in [0.25, 0.3) is 0 Å². The number of nitrogens with zero attached hydrogens (tertiary/aromatic N) is 1.